The summed E-state index contributed by atoms with van der Waals surface area (Å²) in [6, 6.07) is 16.4. The summed E-state index contributed by atoms with van der Waals surface area (Å²) in [7, 11) is 3.25. The Morgan fingerprint density at radius 2 is 1.70 bits per heavy atom. The summed E-state index contributed by atoms with van der Waals surface area (Å²) in [4.78, 5) is 42.1. The second kappa shape index (κ2) is 19.2. The number of aromatic nitrogens is 1. The number of pyridine rings is 1. The molecule has 0 aliphatic heterocycles. The van der Waals surface area contributed by atoms with Crippen LogP contribution in [0.2, 0.25) is 5.02 Å². The molecule has 0 bridgehead atoms. The lowest BCUT2D eigenvalue weighted by atomic mass is 9.91. The number of unbranched alkanes of at least 4 members (excludes halogenated alkanes) is 1. The van der Waals surface area contributed by atoms with Crippen molar-refractivity contribution < 1.29 is 19.1 Å². The van der Waals surface area contributed by atoms with E-state index >= 15 is 0 Å². The van der Waals surface area contributed by atoms with Gasteiger partial charge in [0.15, 0.2) is 5.78 Å². The first-order valence-electron chi connectivity index (χ1n) is 13.2. The van der Waals surface area contributed by atoms with E-state index in [2.05, 4.69) is 23.2 Å². The molecule has 1 amide bonds. The Labute approximate surface area is 242 Å². The van der Waals surface area contributed by atoms with Crippen molar-refractivity contribution in [3.05, 3.63) is 102 Å². The van der Waals surface area contributed by atoms with Crippen LogP contribution < -0.4 is 5.32 Å². The number of nitrogens with one attached hydrogen (secondary N) is 1. The summed E-state index contributed by atoms with van der Waals surface area (Å²) >= 11 is 6.01. The third-order valence-electron chi connectivity index (χ3n) is 5.63. The highest BCUT2D eigenvalue weighted by Crippen LogP contribution is 2.28. The van der Waals surface area contributed by atoms with Gasteiger partial charge in [-0.2, -0.15) is 0 Å². The number of halogens is 1. The maximum Gasteiger partial charge on any atom is 0.251 e. The third kappa shape index (κ3) is 10.4. The number of carbonyl (C=O) groups excluding carboxylic acids is 3. The molecule has 212 valence electrons. The number of Topliss-reactive ketones (excluding diaryl/α,β-unsaturated/α-hetero) is 1. The zero-order valence-corrected chi connectivity index (χ0v) is 24.5. The average Bonchev–Trinajstić information content (AvgIpc) is 2.98. The average molecular weight is 563 g/mol. The lowest BCUT2D eigenvalue weighted by molar-refractivity contribution is -0.117. The third-order valence-corrected chi connectivity index (χ3v) is 5.88. The van der Waals surface area contributed by atoms with E-state index in [1.165, 1.54) is 12.2 Å². The van der Waals surface area contributed by atoms with Crippen molar-refractivity contribution in [2.75, 3.05) is 20.8 Å². The number of carbonyl (C=O) groups is 3. The van der Waals surface area contributed by atoms with Gasteiger partial charge in [-0.15, -0.1) is 0 Å². The predicted octanol–water partition coefficient (Wildman–Crippen LogP) is 7.43. The molecule has 1 heterocycles. The van der Waals surface area contributed by atoms with Crippen LogP contribution >= 0.6 is 11.6 Å². The number of fused-ring (bicyclic) bond motifs is 1. The van der Waals surface area contributed by atoms with Crippen molar-refractivity contribution in [1.82, 2.24) is 10.3 Å². The molecular formula is C33H39ClN2O4. The van der Waals surface area contributed by atoms with Gasteiger partial charge >= 0.3 is 0 Å². The first-order valence-corrected chi connectivity index (χ1v) is 13.6. The summed E-state index contributed by atoms with van der Waals surface area (Å²) in [5.41, 5.74) is 3.05. The molecular weight excluding hydrogens is 524 g/mol. The van der Waals surface area contributed by atoms with Crippen LogP contribution in [-0.4, -0.2) is 43.7 Å². The van der Waals surface area contributed by atoms with E-state index in [9.17, 15) is 14.4 Å². The molecule has 1 atom stereocenters. The lowest BCUT2D eigenvalue weighted by Crippen LogP contribution is -2.25. The van der Waals surface area contributed by atoms with Crippen LogP contribution in [0.5, 0.6) is 0 Å². The zero-order chi connectivity index (χ0) is 29.9. The van der Waals surface area contributed by atoms with E-state index in [-0.39, 0.29) is 11.7 Å². The highest BCUT2D eigenvalue weighted by Gasteiger charge is 2.22. The van der Waals surface area contributed by atoms with Crippen molar-refractivity contribution in [3.63, 3.8) is 0 Å². The van der Waals surface area contributed by atoms with Gasteiger partial charge in [0.1, 0.15) is 6.29 Å². The quantitative estimate of drug-likeness (QED) is 0.0619. The number of ether oxygens (including phenoxy) is 1. The van der Waals surface area contributed by atoms with Crippen molar-refractivity contribution in [1.29, 1.82) is 0 Å². The van der Waals surface area contributed by atoms with Crippen molar-refractivity contribution in [3.8, 4) is 11.3 Å². The fourth-order valence-corrected chi connectivity index (χ4v) is 3.89. The minimum Gasteiger partial charge on any atom is -0.388 e. The van der Waals surface area contributed by atoms with Crippen LogP contribution in [0.25, 0.3) is 22.2 Å². The summed E-state index contributed by atoms with van der Waals surface area (Å²) < 4.78 is 4.25. The molecule has 0 saturated heterocycles. The van der Waals surface area contributed by atoms with Gasteiger partial charge in [-0.1, -0.05) is 93.6 Å². The first kappa shape index (κ1) is 34.2. The molecule has 3 aromatic rings. The standard InChI is InChI=1S/C29H27ClN2O3.C2H6O.C2H6/c1-3-9-20(4-2)29(35)31-17-8-7-10-22(19-33)28(34)25-18-27(21-13-15-23(30)16-14-21)32-26-12-6-5-11-24(25)26;1-3-2;1-2/h3-6,9,11-16,18-19,22H,1-2,7-8,10,17H2,(H,31,35);1-2H3;1-2H3/b20-9+;;. The van der Waals surface area contributed by atoms with E-state index in [1.54, 1.807) is 38.5 Å². The van der Waals surface area contributed by atoms with Gasteiger partial charge in [0.25, 0.3) is 5.91 Å². The number of nitrogens with zero attached hydrogens (tertiary/aromatic N) is 1. The monoisotopic (exact) mass is 562 g/mol. The fraction of sp³-hybridized carbons (Fsp3) is 0.273. The molecule has 0 radical (unpaired) electrons. The Hall–Kier alpha value is -3.87. The van der Waals surface area contributed by atoms with Crippen LogP contribution in [0.3, 0.4) is 0 Å². The number of methoxy groups -OCH3 is 1. The molecule has 2 aromatic carbocycles. The minimum absolute atomic E-state index is 0.235. The molecule has 40 heavy (non-hydrogen) atoms. The number of allylic oxidation sites excluding steroid dienone is 2. The van der Waals surface area contributed by atoms with Crippen LogP contribution in [0.4, 0.5) is 0 Å². The molecule has 0 spiro atoms. The Kier molecular flexibility index (Phi) is 16.4. The van der Waals surface area contributed by atoms with Gasteiger partial charge in [-0.05, 0) is 37.1 Å². The molecule has 6 nitrogen and oxygen atoms in total. The number of amides is 1. The fourth-order valence-electron chi connectivity index (χ4n) is 3.77. The normalized spacial score (nSPS) is 11.2. The Morgan fingerprint density at radius 1 is 1.05 bits per heavy atom. The van der Waals surface area contributed by atoms with Crippen LogP contribution in [0.15, 0.2) is 91.6 Å². The summed E-state index contributed by atoms with van der Waals surface area (Å²) in [6.07, 6.45) is 6.92. The molecule has 0 aliphatic carbocycles. The van der Waals surface area contributed by atoms with Gasteiger partial charge < -0.3 is 14.8 Å². The number of para-hydroxylation sites is 1. The maximum atomic E-state index is 13.4. The zero-order valence-electron chi connectivity index (χ0n) is 23.8. The van der Waals surface area contributed by atoms with Crippen LogP contribution in [0.1, 0.15) is 43.5 Å². The van der Waals surface area contributed by atoms with Gasteiger partial charge in [0.2, 0.25) is 0 Å². The van der Waals surface area contributed by atoms with Gasteiger partial charge in [-0.25, -0.2) is 4.98 Å². The summed E-state index contributed by atoms with van der Waals surface area (Å²) in [5, 5.41) is 4.13. The smallest absolute Gasteiger partial charge is 0.251 e. The SMILES string of the molecule is C=C/C=C(\C=C)C(=O)NCCCCC(C=O)C(=O)c1cc(-c2ccc(Cl)cc2)nc2ccccc12.CC.COC. The number of hydrogen-bond donors (Lipinski definition) is 1. The minimum atomic E-state index is -0.779. The van der Waals surface area contributed by atoms with Crippen LogP contribution in [0, 0.1) is 5.92 Å². The second-order valence-corrected chi connectivity index (χ2v) is 8.84. The van der Waals surface area contributed by atoms with Gasteiger partial charge in [0, 0.05) is 47.9 Å². The molecule has 7 heteroatoms. The second-order valence-electron chi connectivity index (χ2n) is 8.41. The summed E-state index contributed by atoms with van der Waals surface area (Å²) in [5.74, 6) is -1.25. The lowest BCUT2D eigenvalue weighted by Gasteiger charge is -2.13. The number of benzene rings is 2. The van der Waals surface area contributed by atoms with E-state index in [0.29, 0.717) is 64.8 Å². The molecule has 3 rings (SSSR count). The highest BCUT2D eigenvalue weighted by molar-refractivity contribution is 6.30. The van der Waals surface area contributed by atoms with E-state index in [0.717, 1.165) is 5.56 Å². The Balaban J connectivity index is 0.00000150. The molecule has 1 aromatic heterocycles. The number of aldehydes is 1. The van der Waals surface area contributed by atoms with Crippen LogP contribution in [-0.2, 0) is 14.3 Å². The maximum absolute atomic E-state index is 13.4. The van der Waals surface area contributed by atoms with Gasteiger partial charge in [0.05, 0.1) is 17.1 Å². The summed E-state index contributed by atoms with van der Waals surface area (Å²) in [6.45, 7) is 11.6. The number of rotatable bonds is 12. The number of hydrogen-bond acceptors (Lipinski definition) is 5. The molecule has 1 unspecified atom stereocenters. The molecule has 0 aliphatic rings. The first-order chi connectivity index (χ1) is 19.4. The predicted molar refractivity (Wildman–Crippen MR) is 166 cm³/mol. The van der Waals surface area contributed by atoms with E-state index in [1.807, 2.05) is 50.2 Å². The molecule has 0 saturated carbocycles. The molecule has 1 N–H and O–H groups in total. The van der Waals surface area contributed by atoms with Gasteiger partial charge in [-0.3, -0.25) is 9.59 Å². The largest absolute Gasteiger partial charge is 0.388 e. The van der Waals surface area contributed by atoms with E-state index < -0.39 is 5.92 Å². The molecule has 0 fully saturated rings. The van der Waals surface area contributed by atoms with Crippen molar-refractivity contribution in [2.24, 2.45) is 5.92 Å². The van der Waals surface area contributed by atoms with E-state index in [4.69, 9.17) is 16.6 Å². The Bertz CT molecular complexity index is 1300. The topological polar surface area (TPSA) is 85.4 Å². The Morgan fingerprint density at radius 3 is 2.30 bits per heavy atom. The number of ketones is 1. The van der Waals surface area contributed by atoms with Crippen molar-refractivity contribution in [2.45, 2.75) is 33.1 Å². The highest BCUT2D eigenvalue weighted by atomic mass is 35.5. The van der Waals surface area contributed by atoms with Crippen molar-refractivity contribution >= 4 is 40.5 Å².